The Bertz CT molecular complexity index is 721. The summed E-state index contributed by atoms with van der Waals surface area (Å²) in [4.78, 5) is 3.23. The summed E-state index contributed by atoms with van der Waals surface area (Å²) in [7, 11) is -4.00. The summed E-state index contributed by atoms with van der Waals surface area (Å²) in [6, 6.07) is 5.95. The van der Waals surface area contributed by atoms with Crippen molar-refractivity contribution < 1.29 is 25.8 Å². The summed E-state index contributed by atoms with van der Waals surface area (Å²) < 4.78 is 65.6. The zero-order chi connectivity index (χ0) is 15.7. The van der Waals surface area contributed by atoms with Crippen molar-refractivity contribution >= 4 is 21.5 Å². The molecule has 0 spiro atoms. The lowest BCUT2D eigenvalue weighted by Gasteiger charge is -2.04. The lowest BCUT2D eigenvalue weighted by Crippen LogP contribution is -2.06. The number of hydrogen-bond donors (Lipinski definition) is 0. The molecule has 0 saturated carbocycles. The quantitative estimate of drug-likeness (QED) is 0.803. The van der Waals surface area contributed by atoms with Gasteiger partial charge in [-0.2, -0.15) is 21.6 Å². The average Bonchev–Trinajstić information content (AvgIpc) is 2.86. The highest BCUT2D eigenvalue weighted by atomic mass is 32.2. The number of aryl methyl sites for hydroxylation is 1. The van der Waals surface area contributed by atoms with E-state index in [1.807, 2.05) is 0 Å². The third kappa shape index (κ3) is 4.02. The van der Waals surface area contributed by atoms with E-state index >= 15 is 0 Å². The Kier molecular flexibility index (Phi) is 4.35. The Hall–Kier alpha value is -1.45. The fourth-order valence-corrected chi connectivity index (χ4v) is 3.07. The van der Waals surface area contributed by atoms with Gasteiger partial charge in [-0.05, 0) is 19.1 Å². The molecule has 0 amide bonds. The molecule has 4 nitrogen and oxygen atoms in total. The summed E-state index contributed by atoms with van der Waals surface area (Å²) in [6.07, 6.45) is -3.59. The van der Waals surface area contributed by atoms with Gasteiger partial charge >= 0.3 is 6.18 Å². The molecule has 1 aromatic carbocycles. The standard InChI is InChI=1S/C12H10F3NO3S2/c1-8-2-4-10(5-3-8)21(17,18)19-7-9-6-16-11(20-9)12(13,14)15/h2-6H,7H2,1H3. The second-order valence-corrected chi connectivity index (χ2v) is 6.89. The molecule has 0 saturated heterocycles. The molecule has 114 valence electrons. The molecule has 2 rings (SSSR count). The number of aromatic nitrogens is 1. The van der Waals surface area contributed by atoms with E-state index in [1.54, 1.807) is 19.1 Å². The van der Waals surface area contributed by atoms with Gasteiger partial charge in [0.25, 0.3) is 10.1 Å². The van der Waals surface area contributed by atoms with E-state index in [1.165, 1.54) is 12.1 Å². The van der Waals surface area contributed by atoms with Crippen LogP contribution in [0.3, 0.4) is 0 Å². The highest BCUT2D eigenvalue weighted by molar-refractivity contribution is 7.86. The molecular weight excluding hydrogens is 327 g/mol. The van der Waals surface area contributed by atoms with E-state index in [4.69, 9.17) is 4.18 Å². The SMILES string of the molecule is Cc1ccc(S(=O)(=O)OCc2cnc(C(F)(F)F)s2)cc1. The summed E-state index contributed by atoms with van der Waals surface area (Å²) in [6.45, 7) is 1.32. The second kappa shape index (κ2) is 5.74. The van der Waals surface area contributed by atoms with Crippen molar-refractivity contribution in [2.45, 2.75) is 24.6 Å². The Morgan fingerprint density at radius 3 is 2.38 bits per heavy atom. The molecule has 0 bridgehead atoms. The normalized spacial score (nSPS) is 12.6. The predicted molar refractivity (Wildman–Crippen MR) is 70.3 cm³/mol. The largest absolute Gasteiger partial charge is 0.443 e. The molecule has 2 aromatic rings. The van der Waals surface area contributed by atoms with Crippen LogP contribution >= 0.6 is 11.3 Å². The van der Waals surface area contributed by atoms with Crippen molar-refractivity contribution in [3.8, 4) is 0 Å². The van der Waals surface area contributed by atoms with Crippen LogP contribution in [0.25, 0.3) is 0 Å². The van der Waals surface area contributed by atoms with Crippen molar-refractivity contribution in [1.29, 1.82) is 0 Å². The maximum Gasteiger partial charge on any atom is 0.443 e. The monoisotopic (exact) mass is 337 g/mol. The fraction of sp³-hybridized carbons (Fsp3) is 0.250. The van der Waals surface area contributed by atoms with Gasteiger partial charge < -0.3 is 0 Å². The van der Waals surface area contributed by atoms with Crippen LogP contribution in [0.5, 0.6) is 0 Å². The Balaban J connectivity index is 2.08. The molecule has 0 aliphatic heterocycles. The Morgan fingerprint density at radius 2 is 1.86 bits per heavy atom. The average molecular weight is 337 g/mol. The van der Waals surface area contributed by atoms with Crippen LogP contribution in [0.15, 0.2) is 35.4 Å². The fourth-order valence-electron chi connectivity index (χ4n) is 1.41. The van der Waals surface area contributed by atoms with Gasteiger partial charge in [0.05, 0.1) is 9.77 Å². The number of rotatable bonds is 4. The van der Waals surface area contributed by atoms with Crippen molar-refractivity contribution in [2.24, 2.45) is 0 Å². The van der Waals surface area contributed by atoms with Gasteiger partial charge in [-0.1, -0.05) is 17.7 Å². The number of halogens is 3. The van der Waals surface area contributed by atoms with Crippen molar-refractivity contribution in [3.63, 3.8) is 0 Å². The van der Waals surface area contributed by atoms with Crippen molar-refractivity contribution in [3.05, 3.63) is 45.9 Å². The molecular formula is C12H10F3NO3S2. The van der Waals surface area contributed by atoms with Crippen LogP contribution in [0.1, 0.15) is 15.4 Å². The molecule has 21 heavy (non-hydrogen) atoms. The maximum atomic E-state index is 12.4. The van der Waals surface area contributed by atoms with E-state index in [0.29, 0.717) is 11.3 Å². The van der Waals surface area contributed by atoms with Gasteiger partial charge in [0, 0.05) is 6.20 Å². The van der Waals surface area contributed by atoms with E-state index in [-0.39, 0.29) is 9.77 Å². The molecule has 0 aliphatic rings. The van der Waals surface area contributed by atoms with E-state index in [2.05, 4.69) is 4.98 Å². The van der Waals surface area contributed by atoms with Gasteiger partial charge in [0.2, 0.25) is 0 Å². The number of hydrogen-bond acceptors (Lipinski definition) is 5. The zero-order valence-electron chi connectivity index (χ0n) is 10.7. The van der Waals surface area contributed by atoms with Gasteiger partial charge in [-0.25, -0.2) is 4.98 Å². The highest BCUT2D eigenvalue weighted by Gasteiger charge is 2.34. The third-order valence-corrected chi connectivity index (χ3v) is 4.76. The van der Waals surface area contributed by atoms with Crippen LogP contribution < -0.4 is 0 Å². The predicted octanol–water partition coefficient (Wildman–Crippen LogP) is 3.38. The second-order valence-electron chi connectivity index (χ2n) is 4.16. The zero-order valence-corrected chi connectivity index (χ0v) is 12.3. The first-order chi connectivity index (χ1) is 9.68. The molecule has 9 heteroatoms. The molecule has 0 unspecified atom stereocenters. The maximum absolute atomic E-state index is 12.4. The number of alkyl halides is 3. The van der Waals surface area contributed by atoms with Crippen molar-refractivity contribution in [1.82, 2.24) is 4.98 Å². The minimum Gasteiger partial charge on any atom is -0.261 e. The Morgan fingerprint density at radius 1 is 1.24 bits per heavy atom. The van der Waals surface area contributed by atoms with Crippen LogP contribution in [0, 0.1) is 6.92 Å². The molecule has 1 heterocycles. The lowest BCUT2D eigenvalue weighted by molar-refractivity contribution is -0.137. The first-order valence-corrected chi connectivity index (χ1v) is 7.89. The molecule has 0 radical (unpaired) electrons. The van der Waals surface area contributed by atoms with E-state index in [0.717, 1.165) is 11.8 Å². The molecule has 0 atom stereocenters. The highest BCUT2D eigenvalue weighted by Crippen LogP contribution is 2.32. The first-order valence-electron chi connectivity index (χ1n) is 5.66. The van der Waals surface area contributed by atoms with Crippen molar-refractivity contribution in [2.75, 3.05) is 0 Å². The van der Waals surface area contributed by atoms with Crippen LogP contribution in [0.4, 0.5) is 13.2 Å². The number of benzene rings is 1. The topological polar surface area (TPSA) is 56.3 Å². The number of nitrogens with zero attached hydrogens (tertiary/aromatic N) is 1. The summed E-state index contributed by atoms with van der Waals surface area (Å²) in [5, 5.41) is -1.03. The van der Waals surface area contributed by atoms with Crippen LogP contribution in [-0.4, -0.2) is 13.4 Å². The van der Waals surface area contributed by atoms with Gasteiger partial charge in [0.1, 0.15) is 6.61 Å². The summed E-state index contributed by atoms with van der Waals surface area (Å²) >= 11 is 0.353. The minimum atomic E-state index is -4.54. The smallest absolute Gasteiger partial charge is 0.261 e. The van der Waals surface area contributed by atoms with E-state index < -0.39 is 27.9 Å². The van der Waals surface area contributed by atoms with Crippen LogP contribution in [-0.2, 0) is 27.1 Å². The lowest BCUT2D eigenvalue weighted by atomic mass is 10.2. The summed E-state index contributed by atoms with van der Waals surface area (Å²) in [5.41, 5.74) is 0.881. The molecule has 1 aromatic heterocycles. The summed E-state index contributed by atoms with van der Waals surface area (Å²) in [5.74, 6) is 0. The van der Waals surface area contributed by atoms with Gasteiger partial charge in [0.15, 0.2) is 5.01 Å². The minimum absolute atomic E-state index is 0.0475. The van der Waals surface area contributed by atoms with E-state index in [9.17, 15) is 21.6 Å². The van der Waals surface area contributed by atoms with Crippen LogP contribution in [0.2, 0.25) is 0 Å². The molecule has 0 fully saturated rings. The van der Waals surface area contributed by atoms with Gasteiger partial charge in [-0.3, -0.25) is 4.18 Å². The Labute approximate surface area is 123 Å². The number of thiazole rings is 1. The molecule has 0 aliphatic carbocycles. The van der Waals surface area contributed by atoms with Gasteiger partial charge in [-0.15, -0.1) is 11.3 Å². The first kappa shape index (κ1) is 15.9. The third-order valence-electron chi connectivity index (χ3n) is 2.46. The molecule has 0 N–H and O–H groups in total.